The van der Waals surface area contributed by atoms with Crippen LogP contribution in [-0.4, -0.2) is 36.1 Å². The first-order chi connectivity index (χ1) is 28.8. The Morgan fingerprint density at radius 3 is 2.02 bits per heavy atom. The van der Waals surface area contributed by atoms with Gasteiger partial charge in [-0.15, -0.1) is 23.4 Å². The minimum atomic E-state index is -2.23. The molecule has 0 saturated carbocycles. The number of para-hydroxylation sites is 1. The van der Waals surface area contributed by atoms with Gasteiger partial charge in [0, 0.05) is 58.9 Å². The maximum atomic E-state index is 6.72. The first-order valence-electron chi connectivity index (χ1n) is 20.2. The van der Waals surface area contributed by atoms with Crippen molar-refractivity contribution in [2.75, 3.05) is 11.9 Å². The number of hydrogen-bond acceptors (Lipinski definition) is 3. The van der Waals surface area contributed by atoms with Gasteiger partial charge in [0.2, 0.25) is 0 Å². The molecule has 9 heteroatoms. The molecule has 12 rings (SSSR count). The normalized spacial score (nSPS) is 13.7. The molecule has 292 valence electrons. The molecule has 9 aromatic rings. The van der Waals surface area contributed by atoms with Gasteiger partial charge in [-0.2, -0.15) is 6.07 Å². The van der Waals surface area contributed by atoms with Crippen molar-refractivity contribution in [3.63, 3.8) is 0 Å². The molecule has 0 radical (unpaired) electrons. The summed E-state index contributed by atoms with van der Waals surface area (Å²) in [5, 5.41) is 2.68. The van der Waals surface area contributed by atoms with Crippen LogP contribution in [0.2, 0.25) is 13.1 Å². The standard InChI is InChI=1S/C51H38BN5OSi.Pt/c1-32-13-12-14-33(2)48(32)52-54(3)43-24-21-34(29-42(43)51-53-27-28-57(51)52)58-35-22-25-46-45(30-35)56-31-55-44-20-11-10-19-40(44)38-17-8-6-15-36(38)37-16-7-9-18-39(37)41-23-26-47(59(46,4)5)50(56)49(41)55;/h6-28H,1-5H3;/q-2;. The molecule has 0 aliphatic carbocycles. The van der Waals surface area contributed by atoms with Gasteiger partial charge in [0.25, 0.3) is 6.33 Å². The van der Waals surface area contributed by atoms with Gasteiger partial charge in [-0.25, -0.2) is 0 Å². The molecule has 6 nitrogen and oxygen atoms in total. The van der Waals surface area contributed by atoms with Gasteiger partial charge in [0.15, 0.2) is 0 Å². The zero-order valence-corrected chi connectivity index (χ0v) is 37.1. The van der Waals surface area contributed by atoms with E-state index in [0.29, 0.717) is 11.5 Å². The Morgan fingerprint density at radius 1 is 0.667 bits per heavy atom. The van der Waals surface area contributed by atoms with E-state index in [1.165, 1.54) is 65.9 Å². The summed E-state index contributed by atoms with van der Waals surface area (Å²) in [6, 6.07) is 53.4. The molecule has 5 heterocycles. The van der Waals surface area contributed by atoms with Crippen molar-refractivity contribution in [2.45, 2.75) is 26.9 Å². The SMILES string of the molecule is Cc1cccc(C)c1B1N(C)c2ccc(Oc3[c-]c4c(cc3)[Si](C)(C)c3ccc5c6c3n-4[c-][n+]6-c3ccccc3-c3ccccc3-c3ccccc3-5)[c-]c2-c2nccn21.[Pt]. The summed E-state index contributed by atoms with van der Waals surface area (Å²) in [7, 11) is -0.0802. The molecule has 2 aromatic heterocycles. The summed E-state index contributed by atoms with van der Waals surface area (Å²) in [4.78, 5) is 7.17. The second-order valence-electron chi connectivity index (χ2n) is 16.6. The van der Waals surface area contributed by atoms with Crippen LogP contribution in [0.5, 0.6) is 11.5 Å². The van der Waals surface area contributed by atoms with E-state index in [1.54, 1.807) is 0 Å². The van der Waals surface area contributed by atoms with Gasteiger partial charge in [-0.3, -0.25) is 9.55 Å². The Hall–Kier alpha value is -6.21. The third kappa shape index (κ3) is 5.10. The summed E-state index contributed by atoms with van der Waals surface area (Å²) in [5.74, 6) is 2.12. The first kappa shape index (κ1) is 36.8. The van der Waals surface area contributed by atoms with E-state index >= 15 is 0 Å². The van der Waals surface area contributed by atoms with Crippen LogP contribution in [0.1, 0.15) is 11.1 Å². The maximum Gasteiger partial charge on any atom is 0.399 e. The minimum Gasteiger partial charge on any atom is -0.503 e. The van der Waals surface area contributed by atoms with Crippen molar-refractivity contribution in [3.05, 3.63) is 169 Å². The van der Waals surface area contributed by atoms with E-state index in [0.717, 1.165) is 34.0 Å². The number of imidazole rings is 2. The van der Waals surface area contributed by atoms with Gasteiger partial charge in [0.05, 0.1) is 16.7 Å². The molecule has 0 unspecified atom stereocenters. The molecule has 7 aromatic carbocycles. The molecule has 0 bridgehead atoms. The van der Waals surface area contributed by atoms with Crippen molar-refractivity contribution in [3.8, 4) is 67.6 Å². The number of rotatable bonds is 3. The third-order valence-electron chi connectivity index (χ3n) is 13.0. The molecule has 0 saturated heterocycles. The van der Waals surface area contributed by atoms with Crippen LogP contribution in [0.3, 0.4) is 0 Å². The zero-order valence-electron chi connectivity index (χ0n) is 33.8. The topological polar surface area (TPSA) is 39.1 Å². The average Bonchev–Trinajstić information content (AvgIpc) is 3.91. The van der Waals surface area contributed by atoms with Crippen LogP contribution in [-0.2, 0) is 21.1 Å². The van der Waals surface area contributed by atoms with E-state index < -0.39 is 8.07 Å². The van der Waals surface area contributed by atoms with Crippen molar-refractivity contribution < 1.29 is 30.4 Å². The van der Waals surface area contributed by atoms with Crippen LogP contribution in [0, 0.1) is 32.3 Å². The minimum absolute atomic E-state index is 0. The molecule has 0 N–H and O–H groups in total. The second-order valence-corrected chi connectivity index (χ2v) is 20.9. The first-order valence-corrected chi connectivity index (χ1v) is 23.2. The molecule has 3 aliphatic heterocycles. The third-order valence-corrected chi connectivity index (χ3v) is 16.5. The van der Waals surface area contributed by atoms with Crippen molar-refractivity contribution in [1.82, 2.24) is 14.0 Å². The monoisotopic (exact) mass is 970 g/mol. The predicted molar refractivity (Wildman–Crippen MR) is 241 cm³/mol. The summed E-state index contributed by atoms with van der Waals surface area (Å²) in [5.41, 5.74) is 17.4. The van der Waals surface area contributed by atoms with Gasteiger partial charge >= 0.3 is 6.98 Å². The number of hydrogen-bond donors (Lipinski definition) is 0. The van der Waals surface area contributed by atoms with Gasteiger partial charge < -0.3 is 18.6 Å². The molecule has 0 amide bonds. The molecule has 0 spiro atoms. The molecule has 0 atom stereocenters. The number of aromatic nitrogens is 4. The van der Waals surface area contributed by atoms with E-state index in [4.69, 9.17) is 9.72 Å². The van der Waals surface area contributed by atoms with E-state index in [1.807, 2.05) is 12.3 Å². The number of benzene rings is 7. The predicted octanol–water partition coefficient (Wildman–Crippen LogP) is 8.72. The summed E-state index contributed by atoms with van der Waals surface area (Å²) < 4.78 is 13.5. The Labute approximate surface area is 365 Å². The molecular weight excluding hydrogens is 933 g/mol. The maximum absolute atomic E-state index is 6.72. The van der Waals surface area contributed by atoms with Crippen molar-refractivity contribution >= 4 is 47.6 Å². The fourth-order valence-corrected chi connectivity index (χ4v) is 13.0. The van der Waals surface area contributed by atoms with Gasteiger partial charge in [-0.05, 0) is 71.5 Å². The Bertz CT molecular complexity index is 3240. The van der Waals surface area contributed by atoms with Gasteiger partial charge in [0.1, 0.15) is 0 Å². The Morgan fingerprint density at radius 2 is 1.28 bits per heavy atom. The summed E-state index contributed by atoms with van der Waals surface area (Å²) >= 11 is 0. The summed E-state index contributed by atoms with van der Waals surface area (Å²) in [6.07, 6.45) is 7.84. The quantitative estimate of drug-likeness (QED) is 0.101. The van der Waals surface area contributed by atoms with Crippen molar-refractivity contribution in [1.29, 1.82) is 0 Å². The van der Waals surface area contributed by atoms with Crippen LogP contribution in [0.15, 0.2) is 140 Å². The van der Waals surface area contributed by atoms with Crippen LogP contribution < -0.4 is 30.0 Å². The number of anilines is 1. The second kappa shape index (κ2) is 13.4. The smallest absolute Gasteiger partial charge is 0.399 e. The largest absolute Gasteiger partial charge is 0.503 e. The number of aryl methyl sites for hydroxylation is 2. The fraction of sp³-hybridized carbons (Fsp3) is 0.0980. The van der Waals surface area contributed by atoms with Gasteiger partial charge in [-0.1, -0.05) is 150 Å². The fourth-order valence-electron chi connectivity index (χ4n) is 10.1. The number of fused-ring (bicyclic) bond motifs is 12. The molecule has 3 aliphatic rings. The molecule has 0 fully saturated rings. The average molecular weight is 971 g/mol. The van der Waals surface area contributed by atoms with Crippen LogP contribution in [0.25, 0.3) is 67.2 Å². The summed E-state index contributed by atoms with van der Waals surface area (Å²) in [6.45, 7) is 9.26. The molecule has 60 heavy (non-hydrogen) atoms. The van der Waals surface area contributed by atoms with E-state index in [2.05, 4.69) is 198 Å². The number of nitrogens with zero attached hydrogens (tertiary/aromatic N) is 5. The zero-order chi connectivity index (χ0) is 39.7. The molecular formula is C51H38BN5OPtSi-2. The van der Waals surface area contributed by atoms with E-state index in [9.17, 15) is 0 Å². The Kier molecular flexibility index (Phi) is 8.23. The van der Waals surface area contributed by atoms with Crippen LogP contribution in [0.4, 0.5) is 5.69 Å². The van der Waals surface area contributed by atoms with Crippen molar-refractivity contribution in [2.24, 2.45) is 0 Å². The number of ether oxygens (including phenoxy) is 1. The van der Waals surface area contributed by atoms with E-state index in [-0.39, 0.29) is 28.0 Å². The Balaban J connectivity index is 0.00000408. The van der Waals surface area contributed by atoms with Crippen LogP contribution >= 0.6 is 0 Å².